The van der Waals surface area contributed by atoms with Gasteiger partial charge in [-0.3, -0.25) is 20.1 Å². The molecule has 128 valence electrons. The van der Waals surface area contributed by atoms with Crippen molar-refractivity contribution >= 4 is 12.0 Å². The minimum atomic E-state index is -0.253. The van der Waals surface area contributed by atoms with Gasteiger partial charge in [0.05, 0.1) is 18.4 Å². The van der Waals surface area contributed by atoms with E-state index in [0.717, 1.165) is 33.8 Å². The summed E-state index contributed by atoms with van der Waals surface area (Å²) in [6.07, 6.45) is 7.02. The highest BCUT2D eigenvalue weighted by atomic mass is 19.1. The Balaban J connectivity index is 1.70. The van der Waals surface area contributed by atoms with Crippen molar-refractivity contribution in [1.29, 1.82) is 0 Å². The Morgan fingerprint density at radius 3 is 2.92 bits per heavy atom. The fourth-order valence-corrected chi connectivity index (χ4v) is 2.92. The van der Waals surface area contributed by atoms with E-state index in [0.29, 0.717) is 6.54 Å². The molecule has 2 aliphatic rings. The first-order valence-corrected chi connectivity index (χ1v) is 7.83. The highest BCUT2D eigenvalue weighted by molar-refractivity contribution is 5.77. The normalized spacial score (nSPS) is 16.2. The van der Waals surface area contributed by atoms with Crippen molar-refractivity contribution in [2.75, 3.05) is 0 Å². The van der Waals surface area contributed by atoms with Gasteiger partial charge < -0.3 is 0 Å². The van der Waals surface area contributed by atoms with E-state index in [1.807, 2.05) is 25.2 Å². The molecule has 3 heterocycles. The van der Waals surface area contributed by atoms with Gasteiger partial charge in [-0.05, 0) is 30.2 Å². The summed E-state index contributed by atoms with van der Waals surface area (Å²) in [7, 11) is 1.86. The van der Waals surface area contributed by atoms with Crippen LogP contribution in [0.5, 0.6) is 0 Å². The molecule has 0 fully saturated rings. The van der Waals surface area contributed by atoms with Crippen LogP contribution < -0.4 is 11.3 Å². The van der Waals surface area contributed by atoms with E-state index in [1.165, 1.54) is 11.1 Å². The molecule has 2 aromatic rings. The first-order chi connectivity index (χ1) is 12.0. The standard InChI is InChI=1S/C17H18FN7/c1-11-3-4-14(18)5-12(11)8-25-15-9-24(19)10-20-17(15)16(22-25)13-6-21-23(2)7-13/h3-7,9-10,22H,8,19H2,1-2H3. The predicted molar refractivity (Wildman–Crippen MR) is 92.5 cm³/mol. The number of aryl methyl sites for hydroxylation is 2. The van der Waals surface area contributed by atoms with Crippen molar-refractivity contribution in [1.82, 2.24) is 25.2 Å². The number of rotatable bonds is 3. The number of nitrogens with two attached hydrogens (primary N) is 1. The zero-order valence-electron chi connectivity index (χ0n) is 13.9. The lowest BCUT2D eigenvalue weighted by Gasteiger charge is -2.25. The Morgan fingerprint density at radius 1 is 1.32 bits per heavy atom. The van der Waals surface area contributed by atoms with Crippen LogP contribution in [0.3, 0.4) is 0 Å². The van der Waals surface area contributed by atoms with Gasteiger partial charge in [-0.1, -0.05) is 6.07 Å². The number of hydrogen-bond acceptors (Lipinski definition) is 6. The topological polar surface area (TPSA) is 74.7 Å². The van der Waals surface area contributed by atoms with E-state index in [-0.39, 0.29) is 5.82 Å². The van der Waals surface area contributed by atoms with Gasteiger partial charge in [0.25, 0.3) is 0 Å². The number of nitrogens with zero attached hydrogens (tertiary/aromatic N) is 5. The highest BCUT2D eigenvalue weighted by Gasteiger charge is 2.30. The third-order valence-corrected chi connectivity index (χ3v) is 4.24. The highest BCUT2D eigenvalue weighted by Crippen LogP contribution is 2.34. The number of aromatic nitrogens is 2. The van der Waals surface area contributed by atoms with E-state index in [4.69, 9.17) is 5.84 Å². The number of fused-ring (bicyclic) bond motifs is 1. The number of hydrazine groups is 2. The molecule has 0 bridgehead atoms. The van der Waals surface area contributed by atoms with E-state index < -0.39 is 0 Å². The molecule has 1 aromatic heterocycles. The summed E-state index contributed by atoms with van der Waals surface area (Å²) in [5.74, 6) is 5.59. The molecule has 0 spiro atoms. The lowest BCUT2D eigenvalue weighted by molar-refractivity contribution is 0.301. The van der Waals surface area contributed by atoms with Crippen LogP contribution in [-0.2, 0) is 13.6 Å². The number of halogens is 1. The van der Waals surface area contributed by atoms with E-state index in [2.05, 4.69) is 15.5 Å². The van der Waals surface area contributed by atoms with Crippen molar-refractivity contribution in [3.63, 3.8) is 0 Å². The summed E-state index contributed by atoms with van der Waals surface area (Å²) in [5, 5.41) is 7.53. The molecule has 1 aromatic carbocycles. The van der Waals surface area contributed by atoms with Crippen molar-refractivity contribution in [3.05, 3.63) is 70.7 Å². The van der Waals surface area contributed by atoms with Crippen molar-refractivity contribution in [2.24, 2.45) is 17.9 Å². The third-order valence-electron chi connectivity index (χ3n) is 4.24. The zero-order valence-corrected chi connectivity index (χ0v) is 13.9. The van der Waals surface area contributed by atoms with Crippen LogP contribution in [0.25, 0.3) is 5.70 Å². The quantitative estimate of drug-likeness (QED) is 0.831. The van der Waals surface area contributed by atoms with E-state index >= 15 is 0 Å². The summed E-state index contributed by atoms with van der Waals surface area (Å²) in [4.78, 5) is 4.44. The smallest absolute Gasteiger partial charge is 0.123 e. The van der Waals surface area contributed by atoms with Gasteiger partial charge in [-0.25, -0.2) is 15.2 Å². The molecule has 0 aliphatic carbocycles. The molecule has 8 heteroatoms. The zero-order chi connectivity index (χ0) is 17.6. The summed E-state index contributed by atoms with van der Waals surface area (Å²) >= 11 is 0. The summed E-state index contributed by atoms with van der Waals surface area (Å²) in [6.45, 7) is 2.44. The Bertz CT molecular complexity index is 925. The second-order valence-electron chi connectivity index (χ2n) is 6.10. The molecule has 0 radical (unpaired) electrons. The number of benzene rings is 1. The van der Waals surface area contributed by atoms with Gasteiger partial charge in [-0.2, -0.15) is 5.10 Å². The van der Waals surface area contributed by atoms with Crippen LogP contribution in [0.2, 0.25) is 0 Å². The van der Waals surface area contributed by atoms with Crippen LogP contribution in [-0.4, -0.2) is 26.1 Å². The first kappa shape index (κ1) is 15.4. The molecule has 25 heavy (non-hydrogen) atoms. The molecule has 7 nitrogen and oxygen atoms in total. The van der Waals surface area contributed by atoms with Crippen molar-refractivity contribution in [3.8, 4) is 0 Å². The number of nitrogens with one attached hydrogen (secondary N) is 1. The molecule has 0 amide bonds. The first-order valence-electron chi connectivity index (χ1n) is 7.83. The fourth-order valence-electron chi connectivity index (χ4n) is 2.92. The van der Waals surface area contributed by atoms with Crippen LogP contribution in [0.4, 0.5) is 4.39 Å². The van der Waals surface area contributed by atoms with Gasteiger partial charge in [0.1, 0.15) is 23.5 Å². The average Bonchev–Trinajstić information content (AvgIpc) is 3.15. The SMILES string of the molecule is Cc1ccc(F)cc1CN1NC(c2cnn(C)c2)=C2N=CN(N)C=C21. The minimum Gasteiger partial charge on any atom is -0.295 e. The Hall–Kier alpha value is -3.13. The van der Waals surface area contributed by atoms with Gasteiger partial charge in [0.15, 0.2) is 0 Å². The van der Waals surface area contributed by atoms with E-state index in [1.54, 1.807) is 35.5 Å². The molecule has 4 rings (SSSR count). The molecule has 0 saturated carbocycles. The molecule has 0 unspecified atom stereocenters. The maximum absolute atomic E-state index is 13.6. The van der Waals surface area contributed by atoms with E-state index in [9.17, 15) is 4.39 Å². The molecule has 0 atom stereocenters. The lowest BCUT2D eigenvalue weighted by Crippen LogP contribution is -2.33. The maximum Gasteiger partial charge on any atom is 0.123 e. The van der Waals surface area contributed by atoms with Crippen LogP contribution in [0.1, 0.15) is 16.7 Å². The fraction of sp³-hybridized carbons (Fsp3) is 0.176. The summed E-state index contributed by atoms with van der Waals surface area (Å²) in [5.41, 5.74) is 8.63. The Labute approximate surface area is 144 Å². The monoisotopic (exact) mass is 339 g/mol. The van der Waals surface area contributed by atoms with Gasteiger partial charge in [-0.15, -0.1) is 0 Å². The summed E-state index contributed by atoms with van der Waals surface area (Å²) in [6, 6.07) is 4.79. The van der Waals surface area contributed by atoms with Crippen LogP contribution >= 0.6 is 0 Å². The summed E-state index contributed by atoms with van der Waals surface area (Å²) < 4.78 is 15.4. The van der Waals surface area contributed by atoms with Gasteiger partial charge in [0, 0.05) is 25.0 Å². The lowest BCUT2D eigenvalue weighted by atomic mass is 10.1. The maximum atomic E-state index is 13.6. The largest absolute Gasteiger partial charge is 0.295 e. The van der Waals surface area contributed by atoms with Gasteiger partial charge >= 0.3 is 0 Å². The third kappa shape index (κ3) is 2.76. The minimum absolute atomic E-state index is 0.253. The number of aliphatic imine (C=N–C) groups is 1. The second kappa shape index (κ2) is 5.75. The Morgan fingerprint density at radius 2 is 2.16 bits per heavy atom. The van der Waals surface area contributed by atoms with Crippen LogP contribution in [0, 0.1) is 12.7 Å². The number of hydrogen-bond donors (Lipinski definition) is 2. The second-order valence-corrected chi connectivity index (χ2v) is 6.10. The molecule has 2 aliphatic heterocycles. The molecule has 0 saturated heterocycles. The molecular weight excluding hydrogens is 321 g/mol. The molecular formula is C17H18FN7. The molecule has 3 N–H and O–H groups in total. The predicted octanol–water partition coefficient (Wildman–Crippen LogP) is 1.62. The van der Waals surface area contributed by atoms with Crippen molar-refractivity contribution in [2.45, 2.75) is 13.5 Å². The van der Waals surface area contributed by atoms with Crippen LogP contribution in [0.15, 0.2) is 53.2 Å². The Kier molecular flexibility index (Phi) is 3.54. The average molecular weight is 339 g/mol. The van der Waals surface area contributed by atoms with Gasteiger partial charge in [0.2, 0.25) is 0 Å². The van der Waals surface area contributed by atoms with Crippen molar-refractivity contribution < 1.29 is 4.39 Å².